The predicted octanol–water partition coefficient (Wildman–Crippen LogP) is -2.66. The molecule has 0 heterocycles. The molecular weight excluding hydrogens is 255 g/mol. The van der Waals surface area contributed by atoms with Crippen molar-refractivity contribution in [3.63, 3.8) is 0 Å². The minimum atomic E-state index is -4.91. The second-order valence-corrected chi connectivity index (χ2v) is 4.56. The van der Waals surface area contributed by atoms with Crippen molar-refractivity contribution < 1.29 is 52.1 Å². The van der Waals surface area contributed by atoms with E-state index in [2.05, 4.69) is 0 Å². The maximum Gasteiger partial charge on any atom is 1.00 e. The molecule has 0 saturated heterocycles. The number of rotatable bonds is 1. The van der Waals surface area contributed by atoms with Gasteiger partial charge in [0.15, 0.2) is 0 Å². The molecule has 0 fully saturated rings. The summed E-state index contributed by atoms with van der Waals surface area (Å²) in [6.07, 6.45) is 0.932. The van der Waals surface area contributed by atoms with E-state index >= 15 is 0 Å². The molecule has 7 heteroatoms. The van der Waals surface area contributed by atoms with Crippen LogP contribution in [0.25, 0.3) is 6.08 Å². The molecule has 0 N–H and O–H groups in total. The van der Waals surface area contributed by atoms with Crippen LogP contribution in [-0.4, -0.2) is 24.5 Å². The molecule has 0 atom stereocenters. The summed E-state index contributed by atoms with van der Waals surface area (Å²) in [6, 6.07) is 5.99. The SMILES string of the molecule is O=C1C(=O)c2ccccc2C=C1S(=O)(=O)[O-].[Na+]. The van der Waals surface area contributed by atoms with E-state index in [1.807, 2.05) is 0 Å². The van der Waals surface area contributed by atoms with Gasteiger partial charge in [-0.3, -0.25) is 9.59 Å². The first kappa shape index (κ1) is 14.3. The Morgan fingerprint density at radius 3 is 2.18 bits per heavy atom. The molecule has 0 spiro atoms. The fourth-order valence-corrected chi connectivity index (χ4v) is 2.05. The summed E-state index contributed by atoms with van der Waals surface area (Å²) >= 11 is 0. The third-order valence-corrected chi connectivity index (χ3v) is 3.03. The molecule has 0 saturated carbocycles. The number of Topliss-reactive ketones (excluding diaryl/α,β-unsaturated/α-hetero) is 2. The number of fused-ring (bicyclic) bond motifs is 1. The Balaban J connectivity index is 0.00000144. The maximum atomic E-state index is 11.5. The van der Waals surface area contributed by atoms with Crippen LogP contribution in [0.5, 0.6) is 0 Å². The van der Waals surface area contributed by atoms with Gasteiger partial charge in [-0.05, 0) is 11.6 Å². The molecule has 1 aliphatic rings. The van der Waals surface area contributed by atoms with Crippen LogP contribution in [0.2, 0.25) is 0 Å². The molecule has 0 bridgehead atoms. The standard InChI is InChI=1S/C10H6O5S.Na/c11-9-7-4-2-1-3-6(7)5-8(10(9)12)16(13,14)15;/h1-5H,(H,13,14,15);/q;+1/p-1. The quantitative estimate of drug-likeness (QED) is 0.312. The first-order chi connectivity index (χ1) is 7.41. The van der Waals surface area contributed by atoms with Gasteiger partial charge < -0.3 is 4.55 Å². The zero-order valence-electron chi connectivity index (χ0n) is 8.84. The van der Waals surface area contributed by atoms with Gasteiger partial charge in [0.25, 0.3) is 0 Å². The number of allylic oxidation sites excluding steroid dienone is 1. The summed E-state index contributed by atoms with van der Waals surface area (Å²) in [5, 5.41) is 0. The molecule has 0 radical (unpaired) electrons. The van der Waals surface area contributed by atoms with E-state index in [1.54, 1.807) is 12.1 Å². The van der Waals surface area contributed by atoms with Gasteiger partial charge in [0.05, 0.1) is 0 Å². The molecule has 0 aromatic heterocycles. The summed E-state index contributed by atoms with van der Waals surface area (Å²) in [5.74, 6) is -2.23. The second-order valence-electron chi connectivity index (χ2n) is 3.21. The van der Waals surface area contributed by atoms with E-state index in [4.69, 9.17) is 0 Å². The van der Waals surface area contributed by atoms with E-state index in [0.29, 0.717) is 0 Å². The Kier molecular flexibility index (Phi) is 4.06. The largest absolute Gasteiger partial charge is 1.00 e. The van der Waals surface area contributed by atoms with Crippen molar-refractivity contribution in [2.24, 2.45) is 0 Å². The normalized spacial score (nSPS) is 14.8. The van der Waals surface area contributed by atoms with Gasteiger partial charge in [0.2, 0.25) is 11.6 Å². The second kappa shape index (κ2) is 4.83. The first-order valence-corrected chi connectivity index (χ1v) is 5.68. The van der Waals surface area contributed by atoms with E-state index in [1.165, 1.54) is 12.1 Å². The smallest absolute Gasteiger partial charge is 0.744 e. The molecule has 1 aromatic rings. The van der Waals surface area contributed by atoms with Gasteiger partial charge in [-0.1, -0.05) is 24.3 Å². The van der Waals surface area contributed by atoms with Gasteiger partial charge >= 0.3 is 29.6 Å². The Labute approximate surface area is 120 Å². The molecule has 5 nitrogen and oxygen atoms in total. The molecule has 2 rings (SSSR count). The Hall–Kier alpha value is -0.790. The number of hydrogen-bond donors (Lipinski definition) is 0. The minimum absolute atomic E-state index is 0. The van der Waals surface area contributed by atoms with Crippen LogP contribution in [-0.2, 0) is 14.9 Å². The van der Waals surface area contributed by atoms with Crippen LogP contribution in [0, 0.1) is 0 Å². The summed E-state index contributed by atoms with van der Waals surface area (Å²) < 4.78 is 32.3. The third-order valence-electron chi connectivity index (χ3n) is 2.19. The number of ketones is 2. The number of carbonyl (C=O) groups is 2. The molecule has 0 amide bonds. The van der Waals surface area contributed by atoms with E-state index in [0.717, 1.165) is 6.08 Å². The minimum Gasteiger partial charge on any atom is -0.744 e. The van der Waals surface area contributed by atoms with Crippen molar-refractivity contribution in [3.8, 4) is 0 Å². The molecule has 1 aromatic carbocycles. The van der Waals surface area contributed by atoms with Crippen LogP contribution in [0.4, 0.5) is 0 Å². The summed E-state index contributed by atoms with van der Waals surface area (Å²) in [5.41, 5.74) is 0.376. The molecule has 0 aliphatic heterocycles. The van der Waals surface area contributed by atoms with Crippen LogP contribution in [0.1, 0.15) is 15.9 Å². The fourth-order valence-electron chi connectivity index (χ4n) is 1.46. The van der Waals surface area contributed by atoms with Crippen molar-refractivity contribution in [2.75, 3.05) is 0 Å². The van der Waals surface area contributed by atoms with Gasteiger partial charge in [0, 0.05) is 5.56 Å². The van der Waals surface area contributed by atoms with E-state index < -0.39 is 26.6 Å². The molecule has 1 aliphatic carbocycles. The fraction of sp³-hybridized carbons (Fsp3) is 0. The molecule has 82 valence electrons. The van der Waals surface area contributed by atoms with Crippen molar-refractivity contribution in [3.05, 3.63) is 40.3 Å². The maximum absolute atomic E-state index is 11.5. The Morgan fingerprint density at radius 2 is 1.59 bits per heavy atom. The topological polar surface area (TPSA) is 91.3 Å². The van der Waals surface area contributed by atoms with Crippen molar-refractivity contribution in [1.29, 1.82) is 0 Å². The van der Waals surface area contributed by atoms with Crippen LogP contribution in [0.3, 0.4) is 0 Å². The average Bonchev–Trinajstić information content (AvgIpc) is 2.22. The summed E-state index contributed by atoms with van der Waals surface area (Å²) in [4.78, 5) is 21.8. The number of hydrogen-bond acceptors (Lipinski definition) is 5. The Morgan fingerprint density at radius 1 is 1.00 bits per heavy atom. The molecule has 0 unspecified atom stereocenters. The van der Waals surface area contributed by atoms with E-state index in [9.17, 15) is 22.6 Å². The van der Waals surface area contributed by atoms with Crippen molar-refractivity contribution in [1.82, 2.24) is 0 Å². The number of carbonyl (C=O) groups excluding carboxylic acids is 2. The van der Waals surface area contributed by atoms with Crippen molar-refractivity contribution >= 4 is 27.8 Å². The Bertz CT molecular complexity index is 630. The summed E-state index contributed by atoms with van der Waals surface area (Å²) in [7, 11) is -4.91. The van der Waals surface area contributed by atoms with Crippen LogP contribution < -0.4 is 29.6 Å². The summed E-state index contributed by atoms with van der Waals surface area (Å²) in [6.45, 7) is 0. The monoisotopic (exact) mass is 260 g/mol. The van der Waals surface area contributed by atoms with Crippen LogP contribution >= 0.6 is 0 Å². The predicted molar refractivity (Wildman–Crippen MR) is 53.5 cm³/mol. The van der Waals surface area contributed by atoms with Gasteiger partial charge in [-0.2, -0.15) is 0 Å². The first-order valence-electron chi connectivity index (χ1n) is 4.27. The van der Waals surface area contributed by atoms with Crippen LogP contribution in [0.15, 0.2) is 29.2 Å². The van der Waals surface area contributed by atoms with Gasteiger partial charge in [0.1, 0.15) is 15.0 Å². The molecular formula is C10H5NaO5S. The average molecular weight is 260 g/mol. The van der Waals surface area contributed by atoms with Gasteiger partial charge in [-0.15, -0.1) is 0 Å². The zero-order chi connectivity index (χ0) is 11.9. The third kappa shape index (κ3) is 2.56. The van der Waals surface area contributed by atoms with Gasteiger partial charge in [-0.25, -0.2) is 8.42 Å². The number of benzene rings is 1. The van der Waals surface area contributed by atoms with E-state index in [-0.39, 0.29) is 40.7 Å². The molecule has 17 heavy (non-hydrogen) atoms. The van der Waals surface area contributed by atoms with Crippen molar-refractivity contribution in [2.45, 2.75) is 0 Å². The zero-order valence-corrected chi connectivity index (χ0v) is 11.7.